The molecule has 0 bridgehead atoms. The number of nitrogens with zero attached hydrogens (tertiary/aromatic N) is 4. The Labute approximate surface area is 202 Å². The van der Waals surface area contributed by atoms with Crippen molar-refractivity contribution in [3.05, 3.63) is 89.8 Å². The van der Waals surface area contributed by atoms with Gasteiger partial charge in [-0.15, -0.1) is 5.10 Å². The molecule has 0 aliphatic carbocycles. The van der Waals surface area contributed by atoms with Gasteiger partial charge in [-0.25, -0.2) is 9.67 Å². The van der Waals surface area contributed by atoms with Gasteiger partial charge in [0, 0.05) is 23.0 Å². The quantitative estimate of drug-likeness (QED) is 0.435. The van der Waals surface area contributed by atoms with Crippen LogP contribution in [0.2, 0.25) is 0 Å². The van der Waals surface area contributed by atoms with E-state index < -0.39 is 6.04 Å². The van der Waals surface area contributed by atoms with E-state index in [1.165, 1.54) is 0 Å². The fourth-order valence-electron chi connectivity index (χ4n) is 4.12. The molecule has 0 saturated heterocycles. The number of fused-ring (bicyclic) bond motifs is 1. The zero-order chi connectivity index (χ0) is 24.4. The van der Waals surface area contributed by atoms with Gasteiger partial charge in [-0.1, -0.05) is 36.4 Å². The molecule has 9 nitrogen and oxygen atoms in total. The van der Waals surface area contributed by atoms with Gasteiger partial charge in [0.1, 0.15) is 23.4 Å². The largest absolute Gasteiger partial charge is 0.497 e. The van der Waals surface area contributed by atoms with Crippen LogP contribution in [-0.4, -0.2) is 39.9 Å². The van der Waals surface area contributed by atoms with Crippen molar-refractivity contribution in [3.8, 4) is 22.9 Å². The summed E-state index contributed by atoms with van der Waals surface area (Å²) in [5, 5.41) is 10.9. The smallest absolute Gasteiger partial charge is 0.257 e. The normalized spacial score (nSPS) is 14.7. The Morgan fingerprint density at radius 3 is 2.54 bits per heavy atom. The summed E-state index contributed by atoms with van der Waals surface area (Å²) in [6, 6.07) is 19.9. The van der Waals surface area contributed by atoms with Crippen LogP contribution in [0, 0.1) is 0 Å². The van der Waals surface area contributed by atoms with E-state index >= 15 is 0 Å². The standard InChI is InChI=1S/C26H24N6O3/c1-16-22(25(33)29-21-11-7-8-14-27-21)23(19-15-18(34-2)12-13-20(19)35-3)32-26(28-16)30-24(31-32)17-9-5-4-6-10-17/h4-15,23H,1-3H3,(H,27,29,33)(H,28,30,31)/t23-/m1/s1. The van der Waals surface area contributed by atoms with E-state index in [2.05, 4.69) is 15.6 Å². The molecule has 2 aromatic heterocycles. The van der Waals surface area contributed by atoms with Gasteiger partial charge < -0.3 is 20.1 Å². The SMILES string of the molecule is COc1ccc(OC)c([C@@H]2C(C(=O)Nc3ccccn3)=C(C)Nc3nc(-c4ccccc4)nn32)c1. The van der Waals surface area contributed by atoms with Gasteiger partial charge >= 0.3 is 0 Å². The van der Waals surface area contributed by atoms with Gasteiger partial charge in [0.15, 0.2) is 5.82 Å². The van der Waals surface area contributed by atoms with E-state index in [1.807, 2.05) is 61.5 Å². The predicted molar refractivity (Wildman–Crippen MR) is 132 cm³/mol. The number of nitrogens with one attached hydrogen (secondary N) is 2. The highest BCUT2D eigenvalue weighted by atomic mass is 16.5. The number of rotatable bonds is 6. The highest BCUT2D eigenvalue weighted by Gasteiger charge is 2.36. The van der Waals surface area contributed by atoms with E-state index in [1.54, 1.807) is 37.2 Å². The average molecular weight is 469 g/mol. The van der Waals surface area contributed by atoms with Crippen LogP contribution in [-0.2, 0) is 4.79 Å². The van der Waals surface area contributed by atoms with Crippen molar-refractivity contribution in [3.63, 3.8) is 0 Å². The molecular formula is C26H24N6O3. The van der Waals surface area contributed by atoms with Crippen LogP contribution in [0.15, 0.2) is 84.2 Å². The molecule has 1 aliphatic rings. The van der Waals surface area contributed by atoms with Gasteiger partial charge in [-0.2, -0.15) is 4.98 Å². The number of hydrogen-bond donors (Lipinski definition) is 2. The molecule has 176 valence electrons. The number of pyridine rings is 1. The first-order valence-electron chi connectivity index (χ1n) is 11.0. The van der Waals surface area contributed by atoms with E-state index in [9.17, 15) is 4.79 Å². The topological polar surface area (TPSA) is 103 Å². The molecule has 1 amide bonds. The van der Waals surface area contributed by atoms with E-state index in [4.69, 9.17) is 19.6 Å². The third-order valence-electron chi connectivity index (χ3n) is 5.77. The third-order valence-corrected chi connectivity index (χ3v) is 5.77. The molecule has 0 fully saturated rings. The summed E-state index contributed by atoms with van der Waals surface area (Å²) in [4.78, 5) is 22.6. The van der Waals surface area contributed by atoms with Crippen LogP contribution >= 0.6 is 0 Å². The van der Waals surface area contributed by atoms with Gasteiger partial charge in [-0.05, 0) is 37.3 Å². The molecule has 35 heavy (non-hydrogen) atoms. The molecule has 2 N–H and O–H groups in total. The van der Waals surface area contributed by atoms with Crippen molar-refractivity contribution in [2.75, 3.05) is 24.9 Å². The Kier molecular flexibility index (Phi) is 5.88. The number of allylic oxidation sites excluding steroid dienone is 1. The van der Waals surface area contributed by atoms with E-state index in [-0.39, 0.29) is 5.91 Å². The van der Waals surface area contributed by atoms with Gasteiger partial charge in [0.05, 0.1) is 19.8 Å². The number of hydrogen-bond acceptors (Lipinski definition) is 7. The van der Waals surface area contributed by atoms with Crippen LogP contribution < -0.4 is 20.1 Å². The fourth-order valence-corrected chi connectivity index (χ4v) is 4.12. The summed E-state index contributed by atoms with van der Waals surface area (Å²) in [6.45, 7) is 1.84. The van der Waals surface area contributed by atoms with Crippen molar-refractivity contribution in [1.82, 2.24) is 19.7 Å². The summed E-state index contributed by atoms with van der Waals surface area (Å²) in [7, 11) is 3.19. The number of carbonyl (C=O) groups is 1. The van der Waals surface area contributed by atoms with Crippen LogP contribution in [0.25, 0.3) is 11.4 Å². The molecule has 1 atom stereocenters. The molecular weight excluding hydrogens is 444 g/mol. The number of anilines is 2. The number of aromatic nitrogens is 4. The van der Waals surface area contributed by atoms with Gasteiger partial charge in [-0.3, -0.25) is 4.79 Å². The van der Waals surface area contributed by atoms with Crippen LogP contribution in [0.4, 0.5) is 11.8 Å². The molecule has 0 spiro atoms. The lowest BCUT2D eigenvalue weighted by Crippen LogP contribution is -2.32. The van der Waals surface area contributed by atoms with Crippen molar-refractivity contribution >= 4 is 17.7 Å². The highest BCUT2D eigenvalue weighted by molar-refractivity contribution is 6.05. The first-order valence-corrected chi connectivity index (χ1v) is 11.0. The third kappa shape index (κ3) is 4.19. The number of ether oxygens (including phenoxy) is 2. The number of carbonyl (C=O) groups excluding carboxylic acids is 1. The van der Waals surface area contributed by atoms with Crippen LogP contribution in [0.3, 0.4) is 0 Å². The van der Waals surface area contributed by atoms with Crippen LogP contribution in [0.1, 0.15) is 18.5 Å². The van der Waals surface area contributed by atoms with E-state index in [0.29, 0.717) is 45.9 Å². The molecule has 0 unspecified atom stereocenters. The Hall–Kier alpha value is -4.66. The minimum absolute atomic E-state index is 0.314. The molecule has 0 radical (unpaired) electrons. The lowest BCUT2D eigenvalue weighted by molar-refractivity contribution is -0.113. The summed E-state index contributed by atoms with van der Waals surface area (Å²) in [5.41, 5.74) is 2.68. The summed E-state index contributed by atoms with van der Waals surface area (Å²) < 4.78 is 12.9. The summed E-state index contributed by atoms with van der Waals surface area (Å²) >= 11 is 0. The summed E-state index contributed by atoms with van der Waals surface area (Å²) in [5.74, 6) is 2.42. The van der Waals surface area contributed by atoms with Crippen LogP contribution in [0.5, 0.6) is 11.5 Å². The first kappa shape index (κ1) is 22.1. The molecule has 1 aliphatic heterocycles. The molecule has 9 heteroatoms. The van der Waals surface area contributed by atoms with Gasteiger partial charge in [0.2, 0.25) is 5.95 Å². The number of amides is 1. The maximum atomic E-state index is 13.6. The average Bonchev–Trinajstić information content (AvgIpc) is 3.32. The van der Waals surface area contributed by atoms with Crippen molar-refractivity contribution < 1.29 is 14.3 Å². The molecule has 2 aromatic carbocycles. The van der Waals surface area contributed by atoms with Gasteiger partial charge in [0.25, 0.3) is 5.91 Å². The second-order valence-corrected chi connectivity index (χ2v) is 7.91. The second kappa shape index (κ2) is 9.30. The number of methoxy groups -OCH3 is 2. The Morgan fingerprint density at radius 2 is 1.83 bits per heavy atom. The summed E-state index contributed by atoms with van der Waals surface area (Å²) in [6.07, 6.45) is 1.63. The molecule has 3 heterocycles. The number of benzene rings is 2. The van der Waals surface area contributed by atoms with E-state index in [0.717, 1.165) is 5.56 Å². The predicted octanol–water partition coefficient (Wildman–Crippen LogP) is 4.28. The molecule has 5 rings (SSSR count). The lowest BCUT2D eigenvalue weighted by atomic mass is 9.94. The van der Waals surface area contributed by atoms with Crippen molar-refractivity contribution in [1.29, 1.82) is 0 Å². The molecule has 0 saturated carbocycles. The minimum atomic E-state index is -0.634. The Morgan fingerprint density at radius 1 is 1.03 bits per heavy atom. The maximum absolute atomic E-state index is 13.6. The van der Waals surface area contributed by atoms with Crippen molar-refractivity contribution in [2.45, 2.75) is 13.0 Å². The lowest BCUT2D eigenvalue weighted by Gasteiger charge is -2.29. The Bertz CT molecular complexity index is 1400. The monoisotopic (exact) mass is 468 g/mol. The molecule has 4 aromatic rings. The second-order valence-electron chi connectivity index (χ2n) is 7.91. The van der Waals surface area contributed by atoms with Crippen molar-refractivity contribution in [2.24, 2.45) is 0 Å². The highest BCUT2D eigenvalue weighted by Crippen LogP contribution is 2.41. The maximum Gasteiger partial charge on any atom is 0.257 e. The minimum Gasteiger partial charge on any atom is -0.497 e. The zero-order valence-corrected chi connectivity index (χ0v) is 19.5. The Balaban J connectivity index is 1.67. The first-order chi connectivity index (χ1) is 17.1. The zero-order valence-electron chi connectivity index (χ0n) is 19.5. The fraction of sp³-hybridized carbons (Fsp3) is 0.154.